The van der Waals surface area contributed by atoms with Gasteiger partial charge in [0, 0.05) is 6.54 Å². The maximum absolute atomic E-state index is 13.3. The van der Waals surface area contributed by atoms with Crippen LogP contribution in [0.25, 0.3) is 5.69 Å². The average Bonchev–Trinajstić information content (AvgIpc) is 3.09. The summed E-state index contributed by atoms with van der Waals surface area (Å²) in [6, 6.07) is 15.9. The molecule has 0 saturated heterocycles. The molecule has 0 spiro atoms. The fraction of sp³-hybridized carbons (Fsp3) is 0.176. The molecule has 8 heteroatoms. The zero-order valence-electron chi connectivity index (χ0n) is 13.3. The lowest BCUT2D eigenvalue weighted by atomic mass is 10.1. The number of tetrazole rings is 1. The summed E-state index contributed by atoms with van der Waals surface area (Å²) in [6.45, 7) is 0.568. The minimum Gasteiger partial charge on any atom is -0.355 e. The van der Waals surface area contributed by atoms with Gasteiger partial charge in [0.15, 0.2) is 0 Å². The monoisotopic (exact) mass is 357 g/mol. The largest absolute Gasteiger partial charge is 0.355 e. The van der Waals surface area contributed by atoms with E-state index in [1.165, 1.54) is 34.1 Å². The Morgan fingerprint density at radius 2 is 2.00 bits per heavy atom. The Kier molecular flexibility index (Phi) is 5.73. The lowest BCUT2D eigenvalue weighted by Gasteiger charge is -2.06. The van der Waals surface area contributed by atoms with Crippen molar-refractivity contribution in [2.45, 2.75) is 11.6 Å². The number of rotatable bonds is 7. The molecule has 3 aromatic rings. The van der Waals surface area contributed by atoms with Crippen LogP contribution in [-0.4, -0.2) is 38.4 Å². The molecular formula is C17H16FN5OS. The van der Waals surface area contributed by atoms with Crippen LogP contribution in [0, 0.1) is 5.82 Å². The minimum absolute atomic E-state index is 0.102. The van der Waals surface area contributed by atoms with E-state index in [0.29, 0.717) is 17.4 Å². The van der Waals surface area contributed by atoms with E-state index in [-0.39, 0.29) is 17.5 Å². The topological polar surface area (TPSA) is 72.7 Å². The number of benzene rings is 2. The summed E-state index contributed by atoms with van der Waals surface area (Å²) in [5, 5.41) is 14.6. The van der Waals surface area contributed by atoms with E-state index >= 15 is 0 Å². The summed E-state index contributed by atoms with van der Waals surface area (Å²) in [5.41, 5.74) is 1.68. The lowest BCUT2D eigenvalue weighted by Crippen LogP contribution is -2.27. The predicted octanol–water partition coefficient (Wildman–Crippen LogP) is 2.25. The second-order valence-corrected chi connectivity index (χ2v) is 6.17. The van der Waals surface area contributed by atoms with Crippen molar-refractivity contribution in [3.8, 4) is 5.69 Å². The van der Waals surface area contributed by atoms with Gasteiger partial charge in [0.1, 0.15) is 5.82 Å². The molecule has 25 heavy (non-hydrogen) atoms. The zero-order valence-corrected chi connectivity index (χ0v) is 14.1. The molecule has 0 bridgehead atoms. The number of thioether (sulfide) groups is 1. The van der Waals surface area contributed by atoms with Gasteiger partial charge in [-0.1, -0.05) is 48.2 Å². The van der Waals surface area contributed by atoms with Crippen molar-refractivity contribution in [1.29, 1.82) is 0 Å². The Morgan fingerprint density at radius 3 is 2.80 bits per heavy atom. The zero-order chi connectivity index (χ0) is 17.5. The normalized spacial score (nSPS) is 10.6. The van der Waals surface area contributed by atoms with Crippen molar-refractivity contribution >= 4 is 17.7 Å². The molecule has 0 aliphatic heterocycles. The first-order valence-electron chi connectivity index (χ1n) is 7.70. The predicted molar refractivity (Wildman–Crippen MR) is 93.0 cm³/mol. The molecule has 1 N–H and O–H groups in total. The van der Waals surface area contributed by atoms with E-state index in [1.807, 2.05) is 30.3 Å². The van der Waals surface area contributed by atoms with Gasteiger partial charge in [-0.2, -0.15) is 4.68 Å². The van der Waals surface area contributed by atoms with Crippen molar-refractivity contribution in [1.82, 2.24) is 25.5 Å². The fourth-order valence-corrected chi connectivity index (χ4v) is 2.93. The summed E-state index contributed by atoms with van der Waals surface area (Å²) in [4.78, 5) is 12.0. The molecule has 1 heterocycles. The Morgan fingerprint density at radius 1 is 1.16 bits per heavy atom. The molecule has 0 aliphatic rings. The Balaban J connectivity index is 1.50. The van der Waals surface area contributed by atoms with E-state index in [9.17, 15) is 9.18 Å². The molecule has 1 amide bonds. The highest BCUT2D eigenvalue weighted by Gasteiger charge is 2.11. The summed E-state index contributed by atoms with van der Waals surface area (Å²) in [5.74, 6) is -0.290. The SMILES string of the molecule is O=C(CSc1nnnn1-c1cccc(F)c1)NCCc1ccccc1. The molecule has 1 aromatic heterocycles. The Hall–Kier alpha value is -2.74. The first-order chi connectivity index (χ1) is 12.2. The van der Waals surface area contributed by atoms with E-state index in [1.54, 1.807) is 12.1 Å². The van der Waals surface area contributed by atoms with Gasteiger partial charge in [-0.3, -0.25) is 4.79 Å². The molecule has 0 aliphatic carbocycles. The molecule has 6 nitrogen and oxygen atoms in total. The van der Waals surface area contributed by atoms with Crippen molar-refractivity contribution in [3.05, 3.63) is 66.0 Å². The molecule has 0 saturated carbocycles. The smallest absolute Gasteiger partial charge is 0.230 e. The third-order valence-electron chi connectivity index (χ3n) is 3.40. The third-order valence-corrected chi connectivity index (χ3v) is 4.32. The van der Waals surface area contributed by atoms with Gasteiger partial charge in [0.2, 0.25) is 11.1 Å². The highest BCUT2D eigenvalue weighted by Crippen LogP contribution is 2.18. The van der Waals surface area contributed by atoms with Gasteiger partial charge in [0.05, 0.1) is 11.4 Å². The third kappa shape index (κ3) is 4.87. The first-order valence-corrected chi connectivity index (χ1v) is 8.69. The van der Waals surface area contributed by atoms with E-state index in [2.05, 4.69) is 20.8 Å². The number of halogens is 1. The number of carbonyl (C=O) groups is 1. The van der Waals surface area contributed by atoms with Gasteiger partial charge in [-0.05, 0) is 40.6 Å². The summed E-state index contributed by atoms with van der Waals surface area (Å²) in [7, 11) is 0. The standard InChI is InChI=1S/C17H16FN5OS/c18-14-7-4-8-15(11-14)23-17(20-21-22-23)25-12-16(24)19-10-9-13-5-2-1-3-6-13/h1-8,11H,9-10,12H2,(H,19,24). The van der Waals surface area contributed by atoms with E-state index < -0.39 is 0 Å². The first kappa shape index (κ1) is 17.1. The van der Waals surface area contributed by atoms with E-state index in [0.717, 1.165) is 6.42 Å². The van der Waals surface area contributed by atoms with Crippen LogP contribution in [0.1, 0.15) is 5.56 Å². The highest BCUT2D eigenvalue weighted by molar-refractivity contribution is 7.99. The van der Waals surface area contributed by atoms with E-state index in [4.69, 9.17) is 0 Å². The number of aromatic nitrogens is 4. The van der Waals surface area contributed by atoms with Crippen LogP contribution >= 0.6 is 11.8 Å². The summed E-state index contributed by atoms with van der Waals surface area (Å²) >= 11 is 1.20. The Bertz CT molecular complexity index is 840. The molecule has 0 fully saturated rings. The van der Waals surface area contributed by atoms with Crippen molar-refractivity contribution in [3.63, 3.8) is 0 Å². The number of hydrogen-bond donors (Lipinski definition) is 1. The minimum atomic E-state index is -0.373. The van der Waals surface area contributed by atoms with Crippen LogP contribution in [0.3, 0.4) is 0 Å². The number of nitrogens with zero attached hydrogens (tertiary/aromatic N) is 4. The quantitative estimate of drug-likeness (QED) is 0.657. The summed E-state index contributed by atoms with van der Waals surface area (Å²) < 4.78 is 14.7. The maximum Gasteiger partial charge on any atom is 0.230 e. The van der Waals surface area contributed by atoms with Gasteiger partial charge in [0.25, 0.3) is 0 Å². The van der Waals surface area contributed by atoms with Gasteiger partial charge >= 0.3 is 0 Å². The van der Waals surface area contributed by atoms with Crippen LogP contribution < -0.4 is 5.32 Å². The van der Waals surface area contributed by atoms with Crippen molar-refractivity contribution in [2.24, 2.45) is 0 Å². The van der Waals surface area contributed by atoms with Gasteiger partial charge in [-0.25, -0.2) is 4.39 Å². The van der Waals surface area contributed by atoms with Crippen LogP contribution in [-0.2, 0) is 11.2 Å². The number of carbonyl (C=O) groups excluding carboxylic acids is 1. The van der Waals surface area contributed by atoms with Crippen molar-refractivity contribution in [2.75, 3.05) is 12.3 Å². The van der Waals surface area contributed by atoms with Crippen LogP contribution in [0.4, 0.5) is 4.39 Å². The number of hydrogen-bond acceptors (Lipinski definition) is 5. The van der Waals surface area contributed by atoms with Gasteiger partial charge in [-0.15, -0.1) is 5.10 Å². The highest BCUT2D eigenvalue weighted by atomic mass is 32.2. The molecule has 3 rings (SSSR count). The van der Waals surface area contributed by atoms with Crippen molar-refractivity contribution < 1.29 is 9.18 Å². The molecule has 128 valence electrons. The maximum atomic E-state index is 13.3. The Labute approximate surface area is 148 Å². The molecule has 0 unspecified atom stereocenters. The van der Waals surface area contributed by atoms with Gasteiger partial charge < -0.3 is 5.32 Å². The molecule has 2 aromatic carbocycles. The average molecular weight is 357 g/mol. The summed E-state index contributed by atoms with van der Waals surface area (Å²) in [6.07, 6.45) is 0.776. The molecule has 0 atom stereocenters. The van der Waals surface area contributed by atoms with Crippen LogP contribution in [0.15, 0.2) is 59.8 Å². The second kappa shape index (κ2) is 8.39. The second-order valence-electron chi connectivity index (χ2n) is 5.23. The number of nitrogens with one attached hydrogen (secondary N) is 1. The lowest BCUT2D eigenvalue weighted by molar-refractivity contribution is -0.118. The van der Waals surface area contributed by atoms with Crippen LogP contribution in [0.5, 0.6) is 0 Å². The van der Waals surface area contributed by atoms with Crippen LogP contribution in [0.2, 0.25) is 0 Å². The number of amides is 1. The molecular weight excluding hydrogens is 341 g/mol. The fourth-order valence-electron chi connectivity index (χ4n) is 2.21. The molecule has 0 radical (unpaired) electrons.